The molecule has 0 radical (unpaired) electrons. The van der Waals surface area contributed by atoms with Gasteiger partial charge in [0.15, 0.2) is 6.61 Å². The predicted octanol–water partition coefficient (Wildman–Crippen LogP) is 1.65. The average molecular weight is 457 g/mol. The topological polar surface area (TPSA) is 133 Å². The standard InChI is InChI=1S/C22H24N4O5S/c1-15-13-16(2)26(25-15)19-7-5-18(6-8-19)22(28)31-14-21(27)24-12-11-17-3-9-20(10-4-17)32(23,29)30/h3-10,13H,11-12,14H2,1-2H3,(H,24,27)(H2,23,29,30). The number of nitrogens with one attached hydrogen (secondary N) is 1. The van der Waals surface area contributed by atoms with E-state index in [1.54, 1.807) is 41.1 Å². The molecular formula is C22H24N4O5S. The molecule has 1 aromatic heterocycles. The van der Waals surface area contributed by atoms with Gasteiger partial charge in [-0.05, 0) is 68.3 Å². The molecule has 3 N–H and O–H groups in total. The molecule has 0 bridgehead atoms. The number of aromatic nitrogens is 2. The zero-order chi connectivity index (χ0) is 23.3. The maximum absolute atomic E-state index is 12.2. The molecule has 0 saturated carbocycles. The maximum Gasteiger partial charge on any atom is 0.338 e. The van der Waals surface area contributed by atoms with E-state index >= 15 is 0 Å². The summed E-state index contributed by atoms with van der Waals surface area (Å²) in [5.74, 6) is -1.03. The van der Waals surface area contributed by atoms with Crippen molar-refractivity contribution in [1.29, 1.82) is 0 Å². The minimum atomic E-state index is -3.73. The van der Waals surface area contributed by atoms with Crippen molar-refractivity contribution in [2.24, 2.45) is 5.14 Å². The van der Waals surface area contributed by atoms with Crippen molar-refractivity contribution < 1.29 is 22.7 Å². The van der Waals surface area contributed by atoms with Gasteiger partial charge in [-0.3, -0.25) is 4.79 Å². The van der Waals surface area contributed by atoms with Crippen LogP contribution in [-0.4, -0.2) is 43.2 Å². The van der Waals surface area contributed by atoms with Crippen molar-refractivity contribution in [3.63, 3.8) is 0 Å². The van der Waals surface area contributed by atoms with Crippen LogP contribution in [0, 0.1) is 13.8 Å². The number of hydrogen-bond acceptors (Lipinski definition) is 6. The third-order valence-electron chi connectivity index (χ3n) is 4.68. The molecule has 0 aliphatic carbocycles. The predicted molar refractivity (Wildman–Crippen MR) is 118 cm³/mol. The highest BCUT2D eigenvalue weighted by atomic mass is 32.2. The van der Waals surface area contributed by atoms with Crippen LogP contribution in [-0.2, 0) is 26.0 Å². The van der Waals surface area contributed by atoms with Crippen LogP contribution < -0.4 is 10.5 Å². The summed E-state index contributed by atoms with van der Waals surface area (Å²) < 4.78 is 29.3. The van der Waals surface area contributed by atoms with Gasteiger partial charge < -0.3 is 10.1 Å². The van der Waals surface area contributed by atoms with Crippen molar-refractivity contribution in [1.82, 2.24) is 15.1 Å². The lowest BCUT2D eigenvalue weighted by Gasteiger charge is -2.08. The van der Waals surface area contributed by atoms with Crippen LogP contribution in [0.4, 0.5) is 0 Å². The van der Waals surface area contributed by atoms with Gasteiger partial charge in [0.25, 0.3) is 5.91 Å². The summed E-state index contributed by atoms with van der Waals surface area (Å²) in [5, 5.41) is 12.1. The SMILES string of the molecule is Cc1cc(C)n(-c2ccc(C(=O)OCC(=O)NCCc3ccc(S(N)(=O)=O)cc3)cc2)n1. The van der Waals surface area contributed by atoms with Crippen LogP contribution >= 0.6 is 0 Å². The first-order chi connectivity index (χ1) is 15.1. The van der Waals surface area contributed by atoms with E-state index in [1.165, 1.54) is 12.1 Å². The number of esters is 1. The van der Waals surface area contributed by atoms with Crippen LogP contribution in [0.25, 0.3) is 5.69 Å². The molecule has 0 aliphatic rings. The van der Waals surface area contributed by atoms with E-state index in [2.05, 4.69) is 10.4 Å². The lowest BCUT2D eigenvalue weighted by atomic mass is 10.1. The van der Waals surface area contributed by atoms with Crippen molar-refractivity contribution >= 4 is 21.9 Å². The molecule has 168 valence electrons. The molecule has 0 atom stereocenters. The van der Waals surface area contributed by atoms with E-state index in [0.29, 0.717) is 18.5 Å². The first-order valence-electron chi connectivity index (χ1n) is 9.83. The van der Waals surface area contributed by atoms with Gasteiger partial charge in [0, 0.05) is 12.2 Å². The Bertz CT molecular complexity index is 1220. The monoisotopic (exact) mass is 456 g/mol. The fourth-order valence-electron chi connectivity index (χ4n) is 3.09. The Hall–Kier alpha value is -3.50. The molecule has 0 spiro atoms. The van der Waals surface area contributed by atoms with Crippen molar-refractivity contribution in [3.05, 3.63) is 77.1 Å². The third kappa shape index (κ3) is 6.02. The number of carbonyl (C=O) groups excluding carboxylic acids is 2. The number of amides is 1. The number of primary sulfonamides is 1. The number of sulfonamides is 1. The zero-order valence-electron chi connectivity index (χ0n) is 17.7. The van der Waals surface area contributed by atoms with E-state index in [4.69, 9.17) is 9.88 Å². The Balaban J connectivity index is 1.44. The summed E-state index contributed by atoms with van der Waals surface area (Å²) in [6.45, 7) is 3.76. The number of benzene rings is 2. The van der Waals surface area contributed by atoms with Crippen molar-refractivity contribution in [2.45, 2.75) is 25.2 Å². The van der Waals surface area contributed by atoms with E-state index in [-0.39, 0.29) is 4.90 Å². The maximum atomic E-state index is 12.2. The molecule has 3 aromatic rings. The van der Waals surface area contributed by atoms with Crippen LogP contribution in [0.15, 0.2) is 59.5 Å². The average Bonchev–Trinajstić information content (AvgIpc) is 3.09. The molecule has 0 aliphatic heterocycles. The Labute approximate surface area is 186 Å². The number of ether oxygens (including phenoxy) is 1. The van der Waals surface area contributed by atoms with Gasteiger partial charge >= 0.3 is 5.97 Å². The van der Waals surface area contributed by atoms with E-state index in [1.807, 2.05) is 19.9 Å². The summed E-state index contributed by atoms with van der Waals surface area (Å²) >= 11 is 0. The van der Waals surface area contributed by atoms with Crippen LogP contribution in [0.1, 0.15) is 27.3 Å². The van der Waals surface area contributed by atoms with E-state index < -0.39 is 28.5 Å². The largest absolute Gasteiger partial charge is 0.452 e. The first kappa shape index (κ1) is 23.2. The Morgan fingerprint density at radius 3 is 2.28 bits per heavy atom. The normalized spacial score (nSPS) is 11.2. The van der Waals surface area contributed by atoms with Gasteiger partial charge in [-0.15, -0.1) is 0 Å². The number of nitrogens with zero attached hydrogens (tertiary/aromatic N) is 2. The second kappa shape index (κ2) is 9.75. The Morgan fingerprint density at radius 2 is 1.72 bits per heavy atom. The molecule has 2 aromatic carbocycles. The molecule has 1 amide bonds. The summed E-state index contributed by atoms with van der Waals surface area (Å²) in [7, 11) is -3.73. The van der Waals surface area contributed by atoms with Gasteiger partial charge in [0.2, 0.25) is 10.0 Å². The quantitative estimate of drug-likeness (QED) is 0.495. The summed E-state index contributed by atoms with van der Waals surface area (Å²) in [4.78, 5) is 24.2. The van der Waals surface area contributed by atoms with Gasteiger partial charge in [-0.2, -0.15) is 5.10 Å². The van der Waals surface area contributed by atoms with Gasteiger partial charge in [0.1, 0.15) is 0 Å². The molecule has 10 heteroatoms. The summed E-state index contributed by atoms with van der Waals surface area (Å²) in [6.07, 6.45) is 0.484. The van der Waals surface area contributed by atoms with Gasteiger partial charge in [-0.25, -0.2) is 23.0 Å². The molecule has 1 heterocycles. The smallest absolute Gasteiger partial charge is 0.338 e. The lowest BCUT2D eigenvalue weighted by molar-refractivity contribution is -0.124. The highest BCUT2D eigenvalue weighted by Gasteiger charge is 2.12. The lowest BCUT2D eigenvalue weighted by Crippen LogP contribution is -2.30. The minimum Gasteiger partial charge on any atom is -0.452 e. The second-order valence-electron chi connectivity index (χ2n) is 7.25. The summed E-state index contributed by atoms with van der Waals surface area (Å²) in [5.41, 5.74) is 3.87. The Kier molecular flexibility index (Phi) is 7.06. The number of aryl methyl sites for hydroxylation is 2. The number of nitrogens with two attached hydrogens (primary N) is 1. The molecule has 3 rings (SSSR count). The van der Waals surface area contributed by atoms with E-state index in [9.17, 15) is 18.0 Å². The molecule has 32 heavy (non-hydrogen) atoms. The Morgan fingerprint density at radius 1 is 1.06 bits per heavy atom. The number of rotatable bonds is 8. The summed E-state index contributed by atoms with van der Waals surface area (Å²) in [6, 6.07) is 14.8. The molecule has 0 saturated heterocycles. The van der Waals surface area contributed by atoms with E-state index in [0.717, 1.165) is 22.6 Å². The molecule has 0 fully saturated rings. The van der Waals surface area contributed by atoms with Crippen molar-refractivity contribution in [2.75, 3.05) is 13.2 Å². The number of carbonyl (C=O) groups is 2. The van der Waals surface area contributed by atoms with Crippen LogP contribution in [0.3, 0.4) is 0 Å². The van der Waals surface area contributed by atoms with Gasteiger partial charge in [-0.1, -0.05) is 12.1 Å². The third-order valence-corrected chi connectivity index (χ3v) is 5.61. The van der Waals surface area contributed by atoms with Crippen molar-refractivity contribution in [3.8, 4) is 5.69 Å². The molecular weight excluding hydrogens is 432 g/mol. The first-order valence-corrected chi connectivity index (χ1v) is 11.4. The highest BCUT2D eigenvalue weighted by Crippen LogP contribution is 2.14. The zero-order valence-corrected chi connectivity index (χ0v) is 18.6. The molecule has 9 nitrogen and oxygen atoms in total. The fourth-order valence-corrected chi connectivity index (χ4v) is 3.60. The second-order valence-corrected chi connectivity index (χ2v) is 8.81. The fraction of sp³-hybridized carbons (Fsp3) is 0.227. The number of hydrogen-bond donors (Lipinski definition) is 2. The molecule has 0 unspecified atom stereocenters. The van der Waals surface area contributed by atoms with Crippen LogP contribution in [0.2, 0.25) is 0 Å². The van der Waals surface area contributed by atoms with Crippen LogP contribution in [0.5, 0.6) is 0 Å². The minimum absolute atomic E-state index is 0.0279. The highest BCUT2D eigenvalue weighted by molar-refractivity contribution is 7.89. The van der Waals surface area contributed by atoms with Gasteiger partial charge in [0.05, 0.1) is 21.8 Å².